The molecule has 1 aliphatic rings. The van der Waals surface area contributed by atoms with Crippen molar-refractivity contribution >= 4 is 11.6 Å². The molecule has 1 unspecified atom stereocenters. The third-order valence-electron chi connectivity index (χ3n) is 3.06. The van der Waals surface area contributed by atoms with Gasteiger partial charge in [-0.25, -0.2) is 0 Å². The van der Waals surface area contributed by atoms with Crippen molar-refractivity contribution in [2.24, 2.45) is 0 Å². The lowest BCUT2D eigenvalue weighted by molar-refractivity contribution is 0.0924. The van der Waals surface area contributed by atoms with E-state index in [1.54, 1.807) is 6.92 Å². The van der Waals surface area contributed by atoms with Gasteiger partial charge in [-0.15, -0.1) is 0 Å². The first-order valence-electron chi connectivity index (χ1n) is 6.56. The molecule has 5 nitrogen and oxygen atoms in total. The van der Waals surface area contributed by atoms with Gasteiger partial charge in [-0.3, -0.25) is 4.79 Å². The highest BCUT2D eigenvalue weighted by molar-refractivity contribution is 5.94. The lowest BCUT2D eigenvalue weighted by Gasteiger charge is -2.28. The van der Waals surface area contributed by atoms with E-state index in [-0.39, 0.29) is 12.5 Å². The van der Waals surface area contributed by atoms with Crippen molar-refractivity contribution in [3.8, 4) is 0 Å². The average Bonchev–Trinajstić information content (AvgIpc) is 2.46. The zero-order valence-corrected chi connectivity index (χ0v) is 11.1. The van der Waals surface area contributed by atoms with E-state index in [1.165, 1.54) is 0 Å². The summed E-state index contributed by atoms with van der Waals surface area (Å²) in [5.74, 6) is -0.158. The fourth-order valence-corrected chi connectivity index (χ4v) is 1.99. The Bertz CT molecular complexity index is 411. The Hall–Kier alpha value is -1.59. The first-order valence-corrected chi connectivity index (χ1v) is 6.56. The molecule has 1 fully saturated rings. The zero-order valence-electron chi connectivity index (χ0n) is 11.1. The van der Waals surface area contributed by atoms with Gasteiger partial charge in [-0.2, -0.15) is 0 Å². The van der Waals surface area contributed by atoms with Gasteiger partial charge in [-0.1, -0.05) is 0 Å². The minimum absolute atomic E-state index is 0.158. The van der Waals surface area contributed by atoms with Crippen LogP contribution in [0.2, 0.25) is 0 Å². The van der Waals surface area contributed by atoms with Crippen LogP contribution in [0, 0.1) is 0 Å². The number of benzene rings is 1. The Kier molecular flexibility index (Phi) is 4.76. The summed E-state index contributed by atoms with van der Waals surface area (Å²) in [6.45, 7) is 5.17. The largest absolute Gasteiger partial charge is 0.392 e. The second-order valence-electron chi connectivity index (χ2n) is 4.71. The number of aliphatic hydroxyl groups excluding tert-OH is 1. The van der Waals surface area contributed by atoms with Crippen LogP contribution in [0.4, 0.5) is 5.69 Å². The average molecular weight is 264 g/mol. The summed E-state index contributed by atoms with van der Waals surface area (Å²) in [6.07, 6.45) is -0.531. The normalized spacial score (nSPS) is 17.1. The summed E-state index contributed by atoms with van der Waals surface area (Å²) < 4.78 is 5.31. The number of carbonyl (C=O) groups excluding carboxylic acids is 1. The van der Waals surface area contributed by atoms with E-state index < -0.39 is 6.10 Å². The molecule has 104 valence electrons. The Balaban J connectivity index is 1.95. The van der Waals surface area contributed by atoms with Gasteiger partial charge in [0.15, 0.2) is 0 Å². The minimum atomic E-state index is -0.531. The minimum Gasteiger partial charge on any atom is -0.392 e. The number of hydrogen-bond acceptors (Lipinski definition) is 4. The predicted octanol–water partition coefficient (Wildman–Crippen LogP) is 0.634. The smallest absolute Gasteiger partial charge is 0.251 e. The lowest BCUT2D eigenvalue weighted by Crippen LogP contribution is -2.36. The molecular formula is C14H20N2O3. The van der Waals surface area contributed by atoms with Crippen molar-refractivity contribution in [2.45, 2.75) is 13.0 Å². The first kappa shape index (κ1) is 13.8. The van der Waals surface area contributed by atoms with E-state index >= 15 is 0 Å². The summed E-state index contributed by atoms with van der Waals surface area (Å²) in [5.41, 5.74) is 1.72. The van der Waals surface area contributed by atoms with Crippen molar-refractivity contribution in [1.82, 2.24) is 5.32 Å². The van der Waals surface area contributed by atoms with Crippen molar-refractivity contribution in [2.75, 3.05) is 37.7 Å². The molecule has 1 saturated heterocycles. The Morgan fingerprint density at radius 1 is 1.37 bits per heavy atom. The molecule has 0 spiro atoms. The number of amides is 1. The maximum atomic E-state index is 11.8. The molecule has 1 aliphatic heterocycles. The topological polar surface area (TPSA) is 61.8 Å². The summed E-state index contributed by atoms with van der Waals surface area (Å²) >= 11 is 0. The molecule has 1 amide bonds. The van der Waals surface area contributed by atoms with E-state index in [0.29, 0.717) is 5.56 Å². The maximum Gasteiger partial charge on any atom is 0.251 e. The van der Waals surface area contributed by atoms with Gasteiger partial charge in [-0.05, 0) is 31.2 Å². The fourth-order valence-electron chi connectivity index (χ4n) is 1.99. The van der Waals surface area contributed by atoms with Crippen LogP contribution in [-0.4, -0.2) is 50.0 Å². The number of aliphatic hydroxyl groups is 1. The second kappa shape index (κ2) is 6.54. The maximum absolute atomic E-state index is 11.8. The van der Waals surface area contributed by atoms with Crippen LogP contribution in [0.1, 0.15) is 17.3 Å². The molecule has 0 aliphatic carbocycles. The number of ether oxygens (including phenoxy) is 1. The molecular weight excluding hydrogens is 244 g/mol. The van der Waals surface area contributed by atoms with Gasteiger partial charge in [0.2, 0.25) is 0 Å². The molecule has 1 aromatic rings. The van der Waals surface area contributed by atoms with Crippen LogP contribution in [0.3, 0.4) is 0 Å². The molecule has 1 atom stereocenters. The molecule has 19 heavy (non-hydrogen) atoms. The van der Waals surface area contributed by atoms with Gasteiger partial charge < -0.3 is 20.1 Å². The molecule has 2 N–H and O–H groups in total. The highest BCUT2D eigenvalue weighted by Crippen LogP contribution is 2.16. The quantitative estimate of drug-likeness (QED) is 0.837. The molecule has 2 rings (SSSR count). The predicted molar refractivity (Wildman–Crippen MR) is 73.5 cm³/mol. The molecule has 0 aromatic heterocycles. The first-order chi connectivity index (χ1) is 9.16. The molecule has 5 heteroatoms. The Morgan fingerprint density at radius 3 is 2.58 bits per heavy atom. The van der Waals surface area contributed by atoms with E-state index in [2.05, 4.69) is 10.2 Å². The number of rotatable bonds is 4. The SMILES string of the molecule is CC(O)CNC(=O)c1ccc(N2CCOCC2)cc1. The van der Waals surface area contributed by atoms with Gasteiger partial charge in [0.25, 0.3) is 5.91 Å². The van der Waals surface area contributed by atoms with Crippen molar-refractivity contribution in [3.63, 3.8) is 0 Å². The highest BCUT2D eigenvalue weighted by atomic mass is 16.5. The van der Waals surface area contributed by atoms with Gasteiger partial charge in [0.05, 0.1) is 19.3 Å². The van der Waals surface area contributed by atoms with E-state index in [9.17, 15) is 4.79 Å². The highest BCUT2D eigenvalue weighted by Gasteiger charge is 2.12. The number of nitrogens with zero attached hydrogens (tertiary/aromatic N) is 1. The van der Waals surface area contributed by atoms with Crippen LogP contribution >= 0.6 is 0 Å². The molecule has 1 aromatic carbocycles. The molecule has 0 saturated carbocycles. The van der Waals surface area contributed by atoms with Gasteiger partial charge >= 0.3 is 0 Å². The summed E-state index contributed by atoms with van der Waals surface area (Å²) in [4.78, 5) is 14.0. The molecule has 0 bridgehead atoms. The Morgan fingerprint density at radius 2 is 2.00 bits per heavy atom. The second-order valence-corrected chi connectivity index (χ2v) is 4.71. The summed E-state index contributed by atoms with van der Waals surface area (Å²) in [6, 6.07) is 7.51. The van der Waals surface area contributed by atoms with Gasteiger partial charge in [0.1, 0.15) is 0 Å². The van der Waals surface area contributed by atoms with Crippen LogP contribution in [-0.2, 0) is 4.74 Å². The number of morpholine rings is 1. The lowest BCUT2D eigenvalue weighted by atomic mass is 10.1. The third kappa shape index (κ3) is 3.94. The van der Waals surface area contributed by atoms with E-state index in [1.807, 2.05) is 24.3 Å². The monoisotopic (exact) mass is 264 g/mol. The number of carbonyl (C=O) groups is 1. The zero-order chi connectivity index (χ0) is 13.7. The number of nitrogens with one attached hydrogen (secondary N) is 1. The van der Waals surface area contributed by atoms with E-state index in [4.69, 9.17) is 9.84 Å². The molecule has 1 heterocycles. The van der Waals surface area contributed by atoms with Crippen molar-refractivity contribution < 1.29 is 14.6 Å². The Labute approximate surface area is 113 Å². The van der Waals surface area contributed by atoms with Crippen LogP contribution in [0.5, 0.6) is 0 Å². The standard InChI is InChI=1S/C14H20N2O3/c1-11(17)10-15-14(18)12-2-4-13(5-3-12)16-6-8-19-9-7-16/h2-5,11,17H,6-10H2,1H3,(H,15,18). The summed E-state index contributed by atoms with van der Waals surface area (Å²) in [5, 5.41) is 11.8. The molecule has 0 radical (unpaired) electrons. The fraction of sp³-hybridized carbons (Fsp3) is 0.500. The number of hydrogen-bond donors (Lipinski definition) is 2. The number of anilines is 1. The van der Waals surface area contributed by atoms with Crippen molar-refractivity contribution in [1.29, 1.82) is 0 Å². The van der Waals surface area contributed by atoms with Crippen molar-refractivity contribution in [3.05, 3.63) is 29.8 Å². The van der Waals surface area contributed by atoms with E-state index in [0.717, 1.165) is 32.0 Å². The third-order valence-corrected chi connectivity index (χ3v) is 3.06. The summed E-state index contributed by atoms with van der Waals surface area (Å²) in [7, 11) is 0. The van der Waals surface area contributed by atoms with Crippen LogP contribution in [0.15, 0.2) is 24.3 Å². The van der Waals surface area contributed by atoms with Crippen LogP contribution in [0.25, 0.3) is 0 Å². The van der Waals surface area contributed by atoms with Crippen LogP contribution < -0.4 is 10.2 Å². The van der Waals surface area contributed by atoms with Gasteiger partial charge in [0, 0.05) is 30.9 Å².